The van der Waals surface area contributed by atoms with E-state index < -0.39 is 0 Å². The monoisotopic (exact) mass is 237 g/mol. The van der Waals surface area contributed by atoms with Crippen LogP contribution in [-0.2, 0) is 0 Å². The number of nitrogens with one attached hydrogen (secondary N) is 3. The van der Waals surface area contributed by atoms with Gasteiger partial charge in [-0.15, -0.1) is 0 Å². The molecule has 2 heterocycles. The van der Waals surface area contributed by atoms with E-state index >= 15 is 0 Å². The van der Waals surface area contributed by atoms with Gasteiger partial charge in [-0.25, -0.2) is 0 Å². The van der Waals surface area contributed by atoms with Crippen molar-refractivity contribution in [3.63, 3.8) is 0 Å². The van der Waals surface area contributed by atoms with Gasteiger partial charge in [-0.1, -0.05) is 0 Å². The average Bonchev–Trinajstić information content (AvgIpc) is 2.33. The van der Waals surface area contributed by atoms with Crippen molar-refractivity contribution in [1.29, 1.82) is 0 Å². The second kappa shape index (κ2) is 4.86. The Balaban J connectivity index is 1.91. The van der Waals surface area contributed by atoms with Crippen molar-refractivity contribution in [2.24, 2.45) is 0 Å². The second-order valence-corrected chi connectivity index (χ2v) is 3.62. The zero-order chi connectivity index (χ0) is 11.4. The summed E-state index contributed by atoms with van der Waals surface area (Å²) in [5.74, 6) is -0.168. The van der Waals surface area contributed by atoms with Gasteiger partial charge in [0.05, 0.1) is 13.3 Å². The van der Waals surface area contributed by atoms with Gasteiger partial charge >= 0.3 is 0 Å². The molecule has 1 aromatic rings. The predicted octanol–water partition coefficient (Wildman–Crippen LogP) is -0.579. The molecule has 16 heavy (non-hydrogen) atoms. The van der Waals surface area contributed by atoms with E-state index in [-0.39, 0.29) is 5.91 Å². The first kappa shape index (κ1) is 10.8. The van der Waals surface area contributed by atoms with Crippen LogP contribution in [0.2, 0.25) is 0 Å². The first-order valence-corrected chi connectivity index (χ1v) is 5.14. The standard InChI is InChI=1S/C9H11N5OS/c15-8(7-1-3-10-4-2-7)13-14-5-11-9(16)12-6-14/h1-4H,5-6H2,(H,13,15)(H2,11,12,16). The lowest BCUT2D eigenvalue weighted by Gasteiger charge is -2.29. The number of rotatable bonds is 2. The van der Waals surface area contributed by atoms with Gasteiger partial charge in [0.2, 0.25) is 0 Å². The minimum atomic E-state index is -0.168. The molecule has 1 fully saturated rings. The molecule has 0 unspecified atom stereocenters. The van der Waals surface area contributed by atoms with Gasteiger partial charge in [-0.2, -0.15) is 5.01 Å². The summed E-state index contributed by atoms with van der Waals surface area (Å²) < 4.78 is 0. The fraction of sp³-hybridized carbons (Fsp3) is 0.222. The molecule has 0 radical (unpaired) electrons. The molecule has 0 aliphatic carbocycles. The highest BCUT2D eigenvalue weighted by molar-refractivity contribution is 7.80. The number of hydrogen-bond acceptors (Lipinski definition) is 4. The number of pyridine rings is 1. The zero-order valence-corrected chi connectivity index (χ0v) is 9.25. The Morgan fingerprint density at radius 3 is 2.62 bits per heavy atom. The van der Waals surface area contributed by atoms with E-state index in [0.717, 1.165) is 0 Å². The summed E-state index contributed by atoms with van der Waals surface area (Å²) in [4.78, 5) is 15.6. The molecule has 1 aliphatic heterocycles. The lowest BCUT2D eigenvalue weighted by molar-refractivity contribution is 0.0760. The van der Waals surface area contributed by atoms with Gasteiger partial charge in [0.15, 0.2) is 5.11 Å². The van der Waals surface area contributed by atoms with E-state index in [1.807, 2.05) is 0 Å². The Kier molecular flexibility index (Phi) is 3.28. The topological polar surface area (TPSA) is 69.3 Å². The number of amides is 1. The highest BCUT2D eigenvalue weighted by Gasteiger charge is 2.14. The van der Waals surface area contributed by atoms with Crippen molar-refractivity contribution in [1.82, 2.24) is 26.1 Å². The fourth-order valence-electron chi connectivity index (χ4n) is 1.24. The molecule has 1 amide bonds. The van der Waals surface area contributed by atoms with Crippen LogP contribution in [0.25, 0.3) is 0 Å². The van der Waals surface area contributed by atoms with Crippen molar-refractivity contribution in [3.05, 3.63) is 30.1 Å². The molecular formula is C9H11N5OS. The van der Waals surface area contributed by atoms with Crippen LogP contribution in [0.5, 0.6) is 0 Å². The number of thiocarbonyl (C=S) groups is 1. The maximum Gasteiger partial charge on any atom is 0.265 e. The molecule has 7 heteroatoms. The van der Waals surface area contributed by atoms with Crippen LogP contribution >= 0.6 is 12.2 Å². The first-order chi connectivity index (χ1) is 7.75. The largest absolute Gasteiger partial charge is 0.348 e. The summed E-state index contributed by atoms with van der Waals surface area (Å²) in [7, 11) is 0. The van der Waals surface area contributed by atoms with Crippen molar-refractivity contribution in [2.45, 2.75) is 0 Å². The molecule has 3 N–H and O–H groups in total. The van der Waals surface area contributed by atoms with Gasteiger partial charge in [0.25, 0.3) is 5.91 Å². The van der Waals surface area contributed by atoms with E-state index in [0.29, 0.717) is 24.0 Å². The summed E-state index contributed by atoms with van der Waals surface area (Å²) in [6.45, 7) is 0.977. The fourth-order valence-corrected chi connectivity index (χ4v) is 1.37. The number of nitrogens with zero attached hydrogens (tertiary/aromatic N) is 2. The predicted molar refractivity (Wildman–Crippen MR) is 62.1 cm³/mol. The highest BCUT2D eigenvalue weighted by atomic mass is 32.1. The zero-order valence-electron chi connectivity index (χ0n) is 8.43. The average molecular weight is 237 g/mol. The highest BCUT2D eigenvalue weighted by Crippen LogP contribution is 1.96. The van der Waals surface area contributed by atoms with Gasteiger partial charge in [0, 0.05) is 18.0 Å². The first-order valence-electron chi connectivity index (χ1n) is 4.73. The lowest BCUT2D eigenvalue weighted by Crippen LogP contribution is -2.59. The lowest BCUT2D eigenvalue weighted by atomic mass is 10.2. The summed E-state index contributed by atoms with van der Waals surface area (Å²) in [5.41, 5.74) is 3.31. The summed E-state index contributed by atoms with van der Waals surface area (Å²) in [5, 5.41) is 8.10. The van der Waals surface area contributed by atoms with Crippen molar-refractivity contribution < 1.29 is 4.79 Å². The molecule has 0 aromatic carbocycles. The Hall–Kier alpha value is -1.73. The van der Waals surface area contributed by atoms with Crippen molar-refractivity contribution >= 4 is 23.2 Å². The van der Waals surface area contributed by atoms with Crippen LogP contribution in [0.1, 0.15) is 10.4 Å². The Bertz CT molecular complexity index is 386. The number of hydrogen-bond donors (Lipinski definition) is 3. The van der Waals surface area contributed by atoms with Crippen LogP contribution in [-0.4, -0.2) is 34.3 Å². The molecule has 0 atom stereocenters. The summed E-state index contributed by atoms with van der Waals surface area (Å²) in [6, 6.07) is 3.32. The Labute approximate surface area is 98.0 Å². The summed E-state index contributed by atoms with van der Waals surface area (Å²) >= 11 is 4.90. The number of aromatic nitrogens is 1. The third-order valence-electron chi connectivity index (χ3n) is 2.06. The third-order valence-corrected chi connectivity index (χ3v) is 2.35. The van der Waals surface area contributed by atoms with E-state index in [2.05, 4.69) is 21.0 Å². The smallest absolute Gasteiger partial charge is 0.265 e. The second-order valence-electron chi connectivity index (χ2n) is 3.22. The summed E-state index contributed by atoms with van der Waals surface area (Å²) in [6.07, 6.45) is 3.16. The van der Waals surface area contributed by atoms with Gasteiger partial charge in [0.1, 0.15) is 0 Å². The minimum absolute atomic E-state index is 0.168. The van der Waals surface area contributed by atoms with Crippen molar-refractivity contribution in [2.75, 3.05) is 13.3 Å². The van der Waals surface area contributed by atoms with Crippen LogP contribution in [0, 0.1) is 0 Å². The molecule has 0 bridgehead atoms. The number of carbonyl (C=O) groups excluding carboxylic acids is 1. The molecule has 0 spiro atoms. The Morgan fingerprint density at radius 1 is 1.38 bits per heavy atom. The molecular weight excluding hydrogens is 226 g/mol. The molecule has 1 saturated heterocycles. The van der Waals surface area contributed by atoms with Crippen LogP contribution in [0.3, 0.4) is 0 Å². The molecule has 1 aromatic heterocycles. The van der Waals surface area contributed by atoms with Crippen molar-refractivity contribution in [3.8, 4) is 0 Å². The van der Waals surface area contributed by atoms with Gasteiger partial charge in [-0.05, 0) is 24.4 Å². The molecule has 1 aliphatic rings. The quantitative estimate of drug-likeness (QED) is 0.598. The van der Waals surface area contributed by atoms with E-state index in [4.69, 9.17) is 12.2 Å². The van der Waals surface area contributed by atoms with Crippen LogP contribution in [0.15, 0.2) is 24.5 Å². The molecule has 6 nitrogen and oxygen atoms in total. The van der Waals surface area contributed by atoms with E-state index in [9.17, 15) is 4.79 Å². The maximum absolute atomic E-state index is 11.7. The molecule has 84 valence electrons. The van der Waals surface area contributed by atoms with Crippen LogP contribution in [0.4, 0.5) is 0 Å². The Morgan fingerprint density at radius 2 is 2.00 bits per heavy atom. The third kappa shape index (κ3) is 2.65. The van der Waals surface area contributed by atoms with Crippen LogP contribution < -0.4 is 16.1 Å². The van der Waals surface area contributed by atoms with Gasteiger partial charge < -0.3 is 10.6 Å². The normalized spacial score (nSPS) is 16.1. The minimum Gasteiger partial charge on any atom is -0.348 e. The van der Waals surface area contributed by atoms with E-state index in [1.165, 1.54) is 0 Å². The number of hydrazine groups is 1. The maximum atomic E-state index is 11.7. The van der Waals surface area contributed by atoms with Gasteiger partial charge in [-0.3, -0.25) is 15.2 Å². The molecule has 0 saturated carbocycles. The number of carbonyl (C=O) groups is 1. The SMILES string of the molecule is O=C(NN1CNC(=S)NC1)c1ccncc1. The van der Waals surface area contributed by atoms with E-state index in [1.54, 1.807) is 29.5 Å². The molecule has 2 rings (SSSR count).